The molecule has 2 heteroatoms. The summed E-state index contributed by atoms with van der Waals surface area (Å²) in [7, 11) is 0. The van der Waals surface area contributed by atoms with Crippen molar-refractivity contribution in [2.75, 3.05) is 0 Å². The highest BCUT2D eigenvalue weighted by atomic mass is 16.6. The molecule has 2 nitrogen and oxygen atoms in total. The maximum Gasteiger partial charge on any atom is 0.331 e. The fraction of sp³-hybridized carbons (Fsp3) is 0.471. The molecule has 1 aromatic carbocycles. The molecule has 0 N–H and O–H groups in total. The van der Waals surface area contributed by atoms with Gasteiger partial charge in [0.15, 0.2) is 0 Å². The molecule has 0 bridgehead atoms. The Morgan fingerprint density at radius 3 is 2.16 bits per heavy atom. The van der Waals surface area contributed by atoms with E-state index in [-0.39, 0.29) is 11.4 Å². The molecule has 1 aromatic rings. The second-order valence-electron chi connectivity index (χ2n) is 6.70. The van der Waals surface area contributed by atoms with Crippen LogP contribution in [0.5, 0.6) is 0 Å². The van der Waals surface area contributed by atoms with Gasteiger partial charge in [0.2, 0.25) is 0 Å². The van der Waals surface area contributed by atoms with Crippen LogP contribution in [-0.2, 0) is 14.9 Å². The Morgan fingerprint density at radius 2 is 1.63 bits per heavy atom. The maximum absolute atomic E-state index is 11.7. The Hall–Kier alpha value is -1.57. The van der Waals surface area contributed by atoms with Gasteiger partial charge in [0.1, 0.15) is 5.60 Å². The summed E-state index contributed by atoms with van der Waals surface area (Å²) >= 11 is 0. The monoisotopic (exact) mass is 260 g/mol. The second-order valence-corrected chi connectivity index (χ2v) is 6.70. The predicted octanol–water partition coefficient (Wildman–Crippen LogP) is 4.34. The van der Waals surface area contributed by atoms with Gasteiger partial charge in [0.25, 0.3) is 0 Å². The average molecular weight is 260 g/mol. The summed E-state index contributed by atoms with van der Waals surface area (Å²) in [5.74, 6) is -0.309. The fourth-order valence-electron chi connectivity index (χ4n) is 1.82. The van der Waals surface area contributed by atoms with E-state index in [1.807, 2.05) is 45.0 Å². The summed E-state index contributed by atoms with van der Waals surface area (Å²) in [6, 6.07) is 8.10. The van der Waals surface area contributed by atoms with Crippen LogP contribution in [0.25, 0.3) is 6.08 Å². The fourth-order valence-corrected chi connectivity index (χ4v) is 1.82. The molecule has 0 radical (unpaired) electrons. The van der Waals surface area contributed by atoms with Gasteiger partial charge in [-0.15, -0.1) is 0 Å². The Morgan fingerprint density at radius 1 is 1.05 bits per heavy atom. The van der Waals surface area contributed by atoms with Crippen molar-refractivity contribution in [3.8, 4) is 0 Å². The van der Waals surface area contributed by atoms with E-state index in [1.165, 1.54) is 11.6 Å². The van der Waals surface area contributed by atoms with Crippen molar-refractivity contribution >= 4 is 12.0 Å². The van der Waals surface area contributed by atoms with E-state index in [9.17, 15) is 4.79 Å². The molecule has 0 aliphatic heterocycles. The van der Waals surface area contributed by atoms with Gasteiger partial charge < -0.3 is 4.74 Å². The minimum atomic E-state index is -0.453. The number of hydrogen-bond acceptors (Lipinski definition) is 2. The molecule has 0 fully saturated rings. The van der Waals surface area contributed by atoms with Gasteiger partial charge in [-0.2, -0.15) is 0 Å². The topological polar surface area (TPSA) is 26.3 Å². The number of carbonyl (C=O) groups is 1. The van der Waals surface area contributed by atoms with E-state index in [2.05, 4.69) is 26.8 Å². The van der Waals surface area contributed by atoms with Crippen LogP contribution < -0.4 is 0 Å². The molecule has 1 rings (SSSR count). The summed E-state index contributed by atoms with van der Waals surface area (Å²) in [5, 5.41) is 0. The van der Waals surface area contributed by atoms with Crippen molar-refractivity contribution in [2.24, 2.45) is 0 Å². The van der Waals surface area contributed by atoms with Crippen molar-refractivity contribution < 1.29 is 9.53 Å². The molecule has 0 saturated carbocycles. The lowest BCUT2D eigenvalue weighted by molar-refractivity contribution is -0.148. The second kappa shape index (κ2) is 5.60. The van der Waals surface area contributed by atoms with Crippen LogP contribution in [0.2, 0.25) is 0 Å². The summed E-state index contributed by atoms with van der Waals surface area (Å²) in [4.78, 5) is 11.7. The minimum absolute atomic E-state index is 0.0505. The largest absolute Gasteiger partial charge is 0.457 e. The first-order chi connectivity index (χ1) is 8.59. The van der Waals surface area contributed by atoms with Gasteiger partial charge >= 0.3 is 5.97 Å². The zero-order valence-electron chi connectivity index (χ0n) is 12.8. The first kappa shape index (κ1) is 15.5. The molecule has 0 heterocycles. The van der Waals surface area contributed by atoms with Gasteiger partial charge in [-0.1, -0.05) is 45.0 Å². The third kappa shape index (κ3) is 5.29. The molecule has 0 aromatic heterocycles. The molecule has 0 atom stereocenters. The molecule has 0 aliphatic rings. The third-order valence-electron chi connectivity index (χ3n) is 2.57. The van der Waals surface area contributed by atoms with E-state index in [1.54, 1.807) is 0 Å². The zero-order chi connectivity index (χ0) is 14.7. The minimum Gasteiger partial charge on any atom is -0.457 e. The van der Waals surface area contributed by atoms with E-state index < -0.39 is 5.60 Å². The van der Waals surface area contributed by atoms with Crippen LogP contribution in [0.4, 0.5) is 0 Å². The van der Waals surface area contributed by atoms with Crippen molar-refractivity contribution in [1.82, 2.24) is 0 Å². The highest BCUT2D eigenvalue weighted by Crippen LogP contribution is 2.26. The quantitative estimate of drug-likeness (QED) is 0.584. The third-order valence-corrected chi connectivity index (χ3v) is 2.57. The smallest absolute Gasteiger partial charge is 0.331 e. The van der Waals surface area contributed by atoms with E-state index in [0.29, 0.717) is 0 Å². The summed E-state index contributed by atoms with van der Waals surface area (Å²) in [6.45, 7) is 12.1. The molecular formula is C17H24O2. The average Bonchev–Trinajstić information content (AvgIpc) is 2.23. The molecular weight excluding hydrogens is 236 g/mol. The Balaban J connectivity index is 2.92. The summed E-state index contributed by atoms with van der Waals surface area (Å²) in [5.41, 5.74) is 1.87. The highest BCUT2D eigenvalue weighted by molar-refractivity contribution is 5.87. The van der Waals surface area contributed by atoms with Gasteiger partial charge in [-0.05, 0) is 43.4 Å². The first-order valence-electron chi connectivity index (χ1n) is 6.60. The Bertz CT molecular complexity index is 471. The molecule has 0 saturated heterocycles. The zero-order valence-corrected chi connectivity index (χ0v) is 12.8. The number of carbonyl (C=O) groups excluding carboxylic acids is 1. The Labute approximate surface area is 116 Å². The summed E-state index contributed by atoms with van der Waals surface area (Å²) in [6.07, 6.45) is 3.32. The van der Waals surface area contributed by atoms with Crippen LogP contribution in [0.3, 0.4) is 0 Å². The number of benzene rings is 1. The van der Waals surface area contributed by atoms with Crippen LogP contribution >= 0.6 is 0 Å². The summed E-state index contributed by atoms with van der Waals surface area (Å²) < 4.78 is 5.26. The highest BCUT2D eigenvalue weighted by Gasteiger charge is 2.17. The van der Waals surface area contributed by atoms with Crippen LogP contribution in [0.15, 0.2) is 30.3 Å². The first-order valence-corrected chi connectivity index (χ1v) is 6.60. The van der Waals surface area contributed by atoms with Crippen LogP contribution in [0.1, 0.15) is 52.7 Å². The lowest BCUT2D eigenvalue weighted by Crippen LogP contribution is -2.22. The molecule has 0 aliphatic carbocycles. The van der Waals surface area contributed by atoms with E-state index >= 15 is 0 Å². The van der Waals surface area contributed by atoms with Crippen LogP contribution in [-0.4, -0.2) is 11.6 Å². The van der Waals surface area contributed by atoms with Gasteiger partial charge in [-0.3, -0.25) is 0 Å². The molecule has 19 heavy (non-hydrogen) atoms. The van der Waals surface area contributed by atoms with E-state index in [4.69, 9.17) is 4.74 Å². The van der Waals surface area contributed by atoms with Gasteiger partial charge in [-0.25, -0.2) is 4.79 Å². The molecule has 0 spiro atoms. The van der Waals surface area contributed by atoms with Crippen molar-refractivity contribution in [3.05, 3.63) is 41.5 Å². The lowest BCUT2D eigenvalue weighted by Gasteiger charge is -2.21. The van der Waals surface area contributed by atoms with Gasteiger partial charge in [0, 0.05) is 6.08 Å². The number of ether oxygens (including phenoxy) is 1. The maximum atomic E-state index is 11.7. The number of esters is 1. The number of hydrogen-bond donors (Lipinski definition) is 0. The van der Waals surface area contributed by atoms with Crippen molar-refractivity contribution in [1.29, 1.82) is 0 Å². The molecule has 0 unspecified atom stereocenters. The SMILES string of the molecule is CC(C)(C)OC(=O)/C=C/c1ccccc1C(C)(C)C. The molecule has 104 valence electrons. The van der Waals surface area contributed by atoms with Crippen LogP contribution in [0, 0.1) is 0 Å². The van der Waals surface area contributed by atoms with Crippen molar-refractivity contribution in [3.63, 3.8) is 0 Å². The van der Waals surface area contributed by atoms with E-state index in [0.717, 1.165) is 5.56 Å². The predicted molar refractivity (Wildman–Crippen MR) is 80.0 cm³/mol. The van der Waals surface area contributed by atoms with Crippen molar-refractivity contribution in [2.45, 2.75) is 52.6 Å². The Kier molecular flexibility index (Phi) is 4.56. The normalized spacial score (nSPS) is 12.7. The standard InChI is InChI=1S/C17H24O2/c1-16(2,3)14-10-8-7-9-13(14)11-12-15(18)19-17(4,5)6/h7-12H,1-6H3/b12-11+. The lowest BCUT2D eigenvalue weighted by atomic mass is 9.84. The number of rotatable bonds is 2. The van der Waals surface area contributed by atoms with Gasteiger partial charge in [0.05, 0.1) is 0 Å². The molecule has 0 amide bonds.